The van der Waals surface area contributed by atoms with Crippen LogP contribution in [0.25, 0.3) is 0 Å². The van der Waals surface area contributed by atoms with Crippen LogP contribution in [0.3, 0.4) is 0 Å². The first-order chi connectivity index (χ1) is 10.4. The van der Waals surface area contributed by atoms with Crippen molar-refractivity contribution < 1.29 is 29.0 Å². The van der Waals surface area contributed by atoms with E-state index in [1.165, 1.54) is 6.92 Å². The van der Waals surface area contributed by atoms with Crippen molar-refractivity contribution in [2.75, 3.05) is 13.2 Å². The molecule has 0 aliphatic carbocycles. The first-order valence-corrected chi connectivity index (χ1v) is 7.89. The average molecular weight is 316 g/mol. The molecule has 0 rings (SSSR count). The van der Waals surface area contributed by atoms with Crippen molar-refractivity contribution in [3.63, 3.8) is 0 Å². The summed E-state index contributed by atoms with van der Waals surface area (Å²) < 4.78 is 10.2. The number of hydrogen-bond donors (Lipinski definition) is 1. The molecular weight excluding hydrogens is 288 g/mol. The van der Waals surface area contributed by atoms with Crippen molar-refractivity contribution in [2.24, 2.45) is 11.8 Å². The highest BCUT2D eigenvalue weighted by Crippen LogP contribution is 2.21. The van der Waals surface area contributed by atoms with Gasteiger partial charge in [-0.15, -0.1) is 0 Å². The van der Waals surface area contributed by atoms with Crippen molar-refractivity contribution in [1.82, 2.24) is 0 Å². The largest absolute Gasteiger partial charge is 0.481 e. The minimum Gasteiger partial charge on any atom is -0.481 e. The smallest absolute Gasteiger partial charge is 0.306 e. The van der Waals surface area contributed by atoms with Crippen LogP contribution >= 0.6 is 0 Å². The highest BCUT2D eigenvalue weighted by atomic mass is 16.5. The number of ether oxygens (including phenoxy) is 2. The average Bonchev–Trinajstić information content (AvgIpc) is 2.46. The van der Waals surface area contributed by atoms with Crippen LogP contribution in [0.1, 0.15) is 59.3 Å². The van der Waals surface area contributed by atoms with Gasteiger partial charge in [0.1, 0.15) is 0 Å². The number of rotatable bonds is 12. The Bertz CT molecular complexity index is 353. The van der Waals surface area contributed by atoms with Crippen molar-refractivity contribution in [3.8, 4) is 0 Å². The summed E-state index contributed by atoms with van der Waals surface area (Å²) >= 11 is 0. The highest BCUT2D eigenvalue weighted by molar-refractivity contribution is 5.76. The lowest BCUT2D eigenvalue weighted by Crippen LogP contribution is -2.20. The molecule has 6 nitrogen and oxygen atoms in total. The van der Waals surface area contributed by atoms with Gasteiger partial charge in [-0.2, -0.15) is 0 Å². The fraction of sp³-hybridized carbons (Fsp3) is 0.812. The third-order valence-electron chi connectivity index (χ3n) is 3.49. The van der Waals surface area contributed by atoms with Gasteiger partial charge in [0.25, 0.3) is 0 Å². The molecule has 1 N–H and O–H groups in total. The molecule has 0 heterocycles. The Labute approximate surface area is 132 Å². The topological polar surface area (TPSA) is 89.9 Å². The standard InChI is InChI=1S/C16H28O6/c1-4-6-14(9-13(5-2)10-21-12(3)17)11-22-16(20)8-7-15(18)19/h13-14H,4-11H2,1-3H3,(H,18,19). The van der Waals surface area contributed by atoms with Gasteiger partial charge >= 0.3 is 17.9 Å². The Balaban J connectivity index is 4.24. The second-order valence-corrected chi connectivity index (χ2v) is 5.54. The summed E-state index contributed by atoms with van der Waals surface area (Å²) in [5, 5.41) is 8.53. The zero-order valence-electron chi connectivity index (χ0n) is 13.8. The molecule has 22 heavy (non-hydrogen) atoms. The van der Waals surface area contributed by atoms with Crippen LogP contribution in [0.5, 0.6) is 0 Å². The Kier molecular flexibility index (Phi) is 11.1. The molecule has 0 amide bonds. The van der Waals surface area contributed by atoms with Gasteiger partial charge in [0, 0.05) is 6.92 Å². The number of esters is 2. The molecule has 2 atom stereocenters. The van der Waals surface area contributed by atoms with Crippen molar-refractivity contribution >= 4 is 17.9 Å². The number of hydrogen-bond acceptors (Lipinski definition) is 5. The molecule has 0 aromatic heterocycles. The molecule has 0 bridgehead atoms. The van der Waals surface area contributed by atoms with Crippen molar-refractivity contribution in [1.29, 1.82) is 0 Å². The number of carboxylic acids is 1. The molecule has 6 heteroatoms. The molecule has 2 unspecified atom stereocenters. The van der Waals surface area contributed by atoms with E-state index in [1.54, 1.807) is 0 Å². The molecule has 0 aliphatic rings. The van der Waals surface area contributed by atoms with Gasteiger partial charge in [-0.25, -0.2) is 0 Å². The van der Waals surface area contributed by atoms with Gasteiger partial charge in [-0.3, -0.25) is 14.4 Å². The second-order valence-electron chi connectivity index (χ2n) is 5.54. The van der Waals surface area contributed by atoms with Crippen LogP contribution in [0.2, 0.25) is 0 Å². The molecule has 0 aromatic carbocycles. The molecule has 0 saturated heterocycles. The Hall–Kier alpha value is -1.59. The maximum absolute atomic E-state index is 11.5. The summed E-state index contributed by atoms with van der Waals surface area (Å²) in [5.74, 6) is -1.31. The molecule has 0 saturated carbocycles. The third-order valence-corrected chi connectivity index (χ3v) is 3.49. The molecule has 0 spiro atoms. The summed E-state index contributed by atoms with van der Waals surface area (Å²) in [6, 6.07) is 0. The minimum absolute atomic E-state index is 0.0984. The van der Waals surface area contributed by atoms with E-state index in [2.05, 4.69) is 6.92 Å². The van der Waals surface area contributed by atoms with Crippen LogP contribution < -0.4 is 0 Å². The van der Waals surface area contributed by atoms with Crippen LogP contribution in [-0.4, -0.2) is 36.2 Å². The summed E-state index contributed by atoms with van der Waals surface area (Å²) in [4.78, 5) is 32.8. The normalized spacial score (nSPS) is 13.2. The fourth-order valence-corrected chi connectivity index (χ4v) is 2.23. The predicted octanol–water partition coefficient (Wildman–Crippen LogP) is 2.79. The van der Waals surface area contributed by atoms with E-state index in [-0.39, 0.29) is 30.6 Å². The molecular formula is C16H28O6. The van der Waals surface area contributed by atoms with Crippen LogP contribution in [0.15, 0.2) is 0 Å². The first-order valence-electron chi connectivity index (χ1n) is 7.89. The Morgan fingerprint density at radius 3 is 2.14 bits per heavy atom. The molecule has 0 fully saturated rings. The van der Waals surface area contributed by atoms with Crippen LogP contribution in [-0.2, 0) is 23.9 Å². The van der Waals surface area contributed by atoms with Gasteiger partial charge in [0.15, 0.2) is 0 Å². The third kappa shape index (κ3) is 11.1. The summed E-state index contributed by atoms with van der Waals surface area (Å²) in [5.41, 5.74) is 0. The number of carboxylic acid groups (broad SMARTS) is 1. The number of carbonyl (C=O) groups excluding carboxylic acids is 2. The Morgan fingerprint density at radius 1 is 1.00 bits per heavy atom. The highest BCUT2D eigenvalue weighted by Gasteiger charge is 2.18. The lowest BCUT2D eigenvalue weighted by molar-refractivity contribution is -0.149. The van der Waals surface area contributed by atoms with Crippen molar-refractivity contribution in [3.05, 3.63) is 0 Å². The van der Waals surface area contributed by atoms with E-state index in [0.29, 0.717) is 13.2 Å². The lowest BCUT2D eigenvalue weighted by atomic mass is 9.90. The number of carbonyl (C=O) groups is 3. The van der Waals surface area contributed by atoms with Gasteiger partial charge < -0.3 is 14.6 Å². The Morgan fingerprint density at radius 2 is 1.64 bits per heavy atom. The van der Waals surface area contributed by atoms with Gasteiger partial charge in [-0.05, 0) is 24.7 Å². The van der Waals surface area contributed by atoms with E-state index in [0.717, 1.165) is 25.7 Å². The van der Waals surface area contributed by atoms with E-state index in [9.17, 15) is 14.4 Å². The van der Waals surface area contributed by atoms with Crippen LogP contribution in [0, 0.1) is 11.8 Å². The molecule has 0 aromatic rings. The molecule has 0 radical (unpaired) electrons. The number of aliphatic carboxylic acids is 1. The zero-order valence-corrected chi connectivity index (χ0v) is 13.8. The second kappa shape index (κ2) is 12.0. The van der Waals surface area contributed by atoms with E-state index in [1.807, 2.05) is 6.92 Å². The summed E-state index contributed by atoms with van der Waals surface area (Å²) in [7, 11) is 0. The fourth-order valence-electron chi connectivity index (χ4n) is 2.23. The zero-order chi connectivity index (χ0) is 17.0. The monoisotopic (exact) mass is 316 g/mol. The first kappa shape index (κ1) is 20.4. The maximum Gasteiger partial charge on any atom is 0.306 e. The van der Waals surface area contributed by atoms with E-state index < -0.39 is 11.9 Å². The quantitative estimate of drug-likeness (QED) is 0.557. The van der Waals surface area contributed by atoms with Gasteiger partial charge in [-0.1, -0.05) is 26.7 Å². The maximum atomic E-state index is 11.5. The molecule has 0 aliphatic heterocycles. The summed E-state index contributed by atoms with van der Waals surface area (Å²) in [6.07, 6.45) is 3.30. The van der Waals surface area contributed by atoms with Gasteiger partial charge in [0.05, 0.1) is 26.1 Å². The minimum atomic E-state index is -1.01. The van der Waals surface area contributed by atoms with Crippen molar-refractivity contribution in [2.45, 2.75) is 59.3 Å². The summed E-state index contributed by atoms with van der Waals surface area (Å²) in [6.45, 7) is 6.17. The SMILES string of the molecule is CCCC(COC(=O)CCC(=O)O)CC(CC)COC(C)=O. The molecule has 128 valence electrons. The van der Waals surface area contributed by atoms with Gasteiger partial charge in [0.2, 0.25) is 0 Å². The lowest BCUT2D eigenvalue weighted by Gasteiger charge is -2.22. The van der Waals surface area contributed by atoms with E-state index >= 15 is 0 Å². The predicted molar refractivity (Wildman–Crippen MR) is 81.3 cm³/mol. The van der Waals surface area contributed by atoms with E-state index in [4.69, 9.17) is 14.6 Å². The van der Waals surface area contributed by atoms with Crippen LogP contribution in [0.4, 0.5) is 0 Å².